The number of nitrogen functional groups attached to an aromatic ring is 1. The second-order valence-electron chi connectivity index (χ2n) is 3.81. The van der Waals surface area contributed by atoms with Gasteiger partial charge in [-0.1, -0.05) is 34.8 Å². The molecule has 19 heavy (non-hydrogen) atoms. The quantitative estimate of drug-likeness (QED) is 0.649. The minimum atomic E-state index is -0.693. The molecule has 0 aliphatic rings. The topological polar surface area (TPSA) is 43.1 Å². The fourth-order valence-corrected chi connectivity index (χ4v) is 2.60. The van der Waals surface area contributed by atoms with Gasteiger partial charge >= 0.3 is 0 Å². The van der Waals surface area contributed by atoms with Crippen LogP contribution in [0.25, 0.3) is 0 Å². The lowest BCUT2D eigenvalue weighted by Crippen LogP contribution is -2.07. The van der Waals surface area contributed by atoms with Crippen molar-refractivity contribution >= 4 is 46.3 Å². The van der Waals surface area contributed by atoms with Gasteiger partial charge in [-0.2, -0.15) is 0 Å². The van der Waals surface area contributed by atoms with E-state index in [0.29, 0.717) is 5.02 Å². The first-order valence-corrected chi connectivity index (χ1v) is 6.28. The number of rotatable bonds is 2. The molecule has 0 radical (unpaired) electrons. The first-order chi connectivity index (χ1) is 8.90. The van der Waals surface area contributed by atoms with Gasteiger partial charge in [-0.15, -0.1) is 0 Å². The van der Waals surface area contributed by atoms with Crippen LogP contribution in [0.2, 0.25) is 15.1 Å². The van der Waals surface area contributed by atoms with Crippen LogP contribution >= 0.6 is 34.8 Å². The smallest absolute Gasteiger partial charge is 0.199 e. The zero-order valence-electron chi connectivity index (χ0n) is 9.38. The van der Waals surface area contributed by atoms with Crippen molar-refractivity contribution in [3.05, 3.63) is 62.3 Å². The van der Waals surface area contributed by atoms with Crippen molar-refractivity contribution in [3.8, 4) is 0 Å². The van der Waals surface area contributed by atoms with Crippen LogP contribution < -0.4 is 5.73 Å². The third kappa shape index (κ3) is 2.84. The minimum absolute atomic E-state index is 0.00256. The Morgan fingerprint density at radius 1 is 1.05 bits per heavy atom. The number of carbonyl (C=O) groups excluding carboxylic acids is 1. The van der Waals surface area contributed by atoms with Crippen molar-refractivity contribution in [1.82, 2.24) is 0 Å². The molecule has 2 aromatic rings. The van der Waals surface area contributed by atoms with Gasteiger partial charge in [0, 0.05) is 10.7 Å². The Balaban J connectivity index is 2.59. The number of ketones is 1. The van der Waals surface area contributed by atoms with Gasteiger partial charge in [-0.25, -0.2) is 4.39 Å². The number of halogens is 4. The third-order valence-corrected chi connectivity index (χ3v) is 3.28. The molecule has 0 bridgehead atoms. The normalized spacial score (nSPS) is 10.5. The average Bonchev–Trinajstić information content (AvgIpc) is 2.30. The van der Waals surface area contributed by atoms with Gasteiger partial charge in [-0.3, -0.25) is 4.79 Å². The highest BCUT2D eigenvalue weighted by molar-refractivity contribution is 6.43. The number of hydrogen-bond acceptors (Lipinski definition) is 2. The highest BCUT2D eigenvalue weighted by Crippen LogP contribution is 2.31. The lowest BCUT2D eigenvalue weighted by atomic mass is 10.0. The number of hydrogen-bond donors (Lipinski definition) is 1. The molecule has 6 heteroatoms. The van der Waals surface area contributed by atoms with Crippen LogP contribution in [0.3, 0.4) is 0 Å². The number of carbonyl (C=O) groups is 1. The molecule has 0 atom stereocenters. The van der Waals surface area contributed by atoms with Gasteiger partial charge in [0.25, 0.3) is 0 Å². The van der Waals surface area contributed by atoms with Crippen LogP contribution in [0.4, 0.5) is 10.1 Å². The van der Waals surface area contributed by atoms with Gasteiger partial charge in [0.1, 0.15) is 5.82 Å². The van der Waals surface area contributed by atoms with Gasteiger partial charge in [0.05, 0.1) is 21.2 Å². The van der Waals surface area contributed by atoms with Crippen molar-refractivity contribution < 1.29 is 9.18 Å². The Hall–Kier alpha value is -1.29. The Kier molecular flexibility index (Phi) is 3.99. The molecule has 0 heterocycles. The molecule has 98 valence electrons. The maximum absolute atomic E-state index is 13.7. The Bertz CT molecular complexity index is 650. The molecule has 2 rings (SSSR count). The second-order valence-corrected chi connectivity index (χ2v) is 5.06. The predicted molar refractivity (Wildman–Crippen MR) is 75.7 cm³/mol. The maximum atomic E-state index is 13.7. The maximum Gasteiger partial charge on any atom is 0.199 e. The first-order valence-electron chi connectivity index (χ1n) is 5.14. The van der Waals surface area contributed by atoms with Crippen LogP contribution in [0.15, 0.2) is 30.3 Å². The van der Waals surface area contributed by atoms with E-state index in [1.54, 1.807) is 0 Å². The Morgan fingerprint density at radius 3 is 2.21 bits per heavy atom. The molecule has 0 aliphatic carbocycles. The largest absolute Gasteiger partial charge is 0.399 e. The molecule has 0 saturated carbocycles. The molecule has 2 aromatic carbocycles. The summed E-state index contributed by atoms with van der Waals surface area (Å²) in [5.74, 6) is -1.34. The van der Waals surface area contributed by atoms with Crippen molar-refractivity contribution in [1.29, 1.82) is 0 Å². The van der Waals surface area contributed by atoms with E-state index < -0.39 is 11.6 Å². The molecule has 2 nitrogen and oxygen atoms in total. The van der Waals surface area contributed by atoms with Crippen LogP contribution in [-0.4, -0.2) is 5.78 Å². The van der Waals surface area contributed by atoms with Crippen LogP contribution in [0.1, 0.15) is 15.9 Å². The van der Waals surface area contributed by atoms with E-state index in [1.807, 2.05) is 0 Å². The molecule has 0 aliphatic heterocycles. The molecular weight excluding hydrogens is 312 g/mol. The summed E-state index contributed by atoms with van der Waals surface area (Å²) < 4.78 is 13.7. The summed E-state index contributed by atoms with van der Waals surface area (Å²) in [7, 11) is 0. The number of anilines is 1. The van der Waals surface area contributed by atoms with Gasteiger partial charge in [0.2, 0.25) is 0 Å². The summed E-state index contributed by atoms with van der Waals surface area (Å²) in [6.07, 6.45) is 0. The summed E-state index contributed by atoms with van der Waals surface area (Å²) >= 11 is 17.6. The Labute approximate surface area is 123 Å². The zero-order valence-corrected chi connectivity index (χ0v) is 11.7. The molecular formula is C13H7Cl3FNO. The highest BCUT2D eigenvalue weighted by Gasteiger charge is 2.20. The summed E-state index contributed by atoms with van der Waals surface area (Å²) in [6, 6.07) is 6.44. The number of benzene rings is 2. The van der Waals surface area contributed by atoms with Crippen molar-refractivity contribution in [2.24, 2.45) is 0 Å². The molecule has 0 amide bonds. The fourth-order valence-electron chi connectivity index (χ4n) is 1.61. The van der Waals surface area contributed by atoms with Gasteiger partial charge in [0.15, 0.2) is 5.78 Å². The van der Waals surface area contributed by atoms with E-state index in [1.165, 1.54) is 24.3 Å². The predicted octanol–water partition coefficient (Wildman–Crippen LogP) is 4.60. The molecule has 2 N–H and O–H groups in total. The van der Waals surface area contributed by atoms with Crippen molar-refractivity contribution in [2.45, 2.75) is 0 Å². The lowest BCUT2D eigenvalue weighted by molar-refractivity contribution is 0.103. The first kappa shape index (κ1) is 14.1. The van der Waals surface area contributed by atoms with E-state index >= 15 is 0 Å². The standard InChI is InChI=1S/C13H7Cl3FNO/c14-6-3-9(15)12(10(16)4-6)13(19)8-5-7(18)1-2-11(8)17/h1-5H,18H2. The van der Waals surface area contributed by atoms with Gasteiger partial charge < -0.3 is 5.73 Å². The van der Waals surface area contributed by atoms with Crippen LogP contribution in [0, 0.1) is 5.82 Å². The average molecular weight is 319 g/mol. The van der Waals surface area contributed by atoms with Crippen molar-refractivity contribution in [2.75, 3.05) is 5.73 Å². The Morgan fingerprint density at radius 2 is 1.63 bits per heavy atom. The van der Waals surface area contributed by atoms with E-state index in [0.717, 1.165) is 6.07 Å². The van der Waals surface area contributed by atoms with E-state index in [2.05, 4.69) is 0 Å². The van der Waals surface area contributed by atoms with Crippen LogP contribution in [0.5, 0.6) is 0 Å². The highest BCUT2D eigenvalue weighted by atomic mass is 35.5. The van der Waals surface area contributed by atoms with Crippen molar-refractivity contribution in [3.63, 3.8) is 0 Å². The van der Waals surface area contributed by atoms with Gasteiger partial charge in [-0.05, 0) is 30.3 Å². The second kappa shape index (κ2) is 5.37. The van der Waals surface area contributed by atoms with E-state index in [-0.39, 0.29) is 26.9 Å². The van der Waals surface area contributed by atoms with E-state index in [9.17, 15) is 9.18 Å². The molecule has 0 unspecified atom stereocenters. The zero-order chi connectivity index (χ0) is 14.2. The minimum Gasteiger partial charge on any atom is -0.399 e. The lowest BCUT2D eigenvalue weighted by Gasteiger charge is -2.08. The van der Waals surface area contributed by atoms with E-state index in [4.69, 9.17) is 40.5 Å². The summed E-state index contributed by atoms with van der Waals surface area (Å²) in [6.45, 7) is 0. The summed E-state index contributed by atoms with van der Waals surface area (Å²) in [4.78, 5) is 12.3. The summed E-state index contributed by atoms with van der Waals surface area (Å²) in [5, 5.41) is 0.410. The SMILES string of the molecule is Nc1ccc(F)c(C(=O)c2c(Cl)cc(Cl)cc2Cl)c1. The summed E-state index contributed by atoms with van der Waals surface area (Å²) in [5.41, 5.74) is 5.62. The molecule has 0 fully saturated rings. The third-order valence-electron chi connectivity index (χ3n) is 2.47. The number of nitrogens with two attached hydrogens (primary N) is 1. The monoisotopic (exact) mass is 317 g/mol. The molecule has 0 aromatic heterocycles. The van der Waals surface area contributed by atoms with Crippen LogP contribution in [-0.2, 0) is 0 Å². The molecule has 0 spiro atoms. The fraction of sp³-hybridized carbons (Fsp3) is 0. The molecule has 0 saturated heterocycles.